The molecule has 0 atom stereocenters. The molecule has 0 aliphatic heterocycles. The summed E-state index contributed by atoms with van der Waals surface area (Å²) < 4.78 is 32.4. The number of benzene rings is 4. The first-order valence-electron chi connectivity index (χ1n) is 11.3. The molecule has 8 aromatic rings. The van der Waals surface area contributed by atoms with E-state index in [0.717, 1.165) is 12.1 Å². The highest BCUT2D eigenvalue weighted by Crippen LogP contribution is 2.37. The van der Waals surface area contributed by atoms with Gasteiger partial charge in [0.05, 0.1) is 29.2 Å². The monoisotopic (exact) mass is 498 g/mol. The van der Waals surface area contributed by atoms with E-state index < -0.39 is 22.8 Å². The zero-order chi connectivity index (χ0) is 26.0. The fraction of sp³-hybridized carbons (Fsp3) is 0. The van der Waals surface area contributed by atoms with Crippen LogP contribution in [0.15, 0.2) is 58.1 Å². The van der Waals surface area contributed by atoms with Crippen molar-refractivity contribution < 1.29 is 8.78 Å². The number of aromatic nitrogens is 4. The number of hydrogen-bond donors (Lipinski definition) is 0. The number of imidazole rings is 2. The third-order valence-corrected chi connectivity index (χ3v) is 7.16. The van der Waals surface area contributed by atoms with Gasteiger partial charge in [-0.3, -0.25) is 18.4 Å². The second-order valence-corrected chi connectivity index (χ2v) is 9.07. The lowest BCUT2D eigenvalue weighted by atomic mass is 9.96. The van der Waals surface area contributed by atoms with Crippen LogP contribution in [0.1, 0.15) is 5.56 Å². The molecule has 0 spiro atoms. The highest BCUT2D eigenvalue weighted by Gasteiger charge is 2.24. The summed E-state index contributed by atoms with van der Waals surface area (Å²) in [6.45, 7) is 7.22. The molecule has 8 rings (SSSR count). The summed E-state index contributed by atoms with van der Waals surface area (Å²) >= 11 is 0. The van der Waals surface area contributed by atoms with Crippen molar-refractivity contribution >= 4 is 71.4 Å². The number of rotatable bonds is 0. The highest BCUT2D eigenvalue weighted by atomic mass is 19.1. The van der Waals surface area contributed by atoms with Gasteiger partial charge >= 0.3 is 0 Å². The summed E-state index contributed by atoms with van der Waals surface area (Å²) in [6, 6.07) is 13.3. The molecule has 0 fully saturated rings. The molecule has 0 saturated heterocycles. The summed E-state index contributed by atoms with van der Waals surface area (Å²) in [7, 11) is 0. The Morgan fingerprint density at radius 3 is 1.79 bits per heavy atom. The fourth-order valence-corrected chi connectivity index (χ4v) is 5.66. The lowest BCUT2D eigenvalue weighted by molar-refractivity contribution is 0.635. The normalized spacial score (nSPS) is 12.1. The van der Waals surface area contributed by atoms with Crippen molar-refractivity contribution in [3.63, 3.8) is 0 Å². The van der Waals surface area contributed by atoms with Crippen LogP contribution in [0.25, 0.3) is 70.5 Å². The molecule has 0 saturated carbocycles. The van der Waals surface area contributed by atoms with E-state index in [9.17, 15) is 14.9 Å². The van der Waals surface area contributed by atoms with E-state index in [-0.39, 0.29) is 55.4 Å². The first-order valence-corrected chi connectivity index (χ1v) is 11.3. The van der Waals surface area contributed by atoms with Gasteiger partial charge in [0.25, 0.3) is 11.1 Å². The molecule has 0 radical (unpaired) electrons. The smallest absolute Gasteiger partial charge is 0.264 e. The fourth-order valence-electron chi connectivity index (χ4n) is 5.66. The average molecular weight is 498 g/mol. The van der Waals surface area contributed by atoms with E-state index in [0.29, 0.717) is 21.5 Å². The molecule has 4 heterocycles. The predicted molar refractivity (Wildman–Crippen MR) is 137 cm³/mol. The van der Waals surface area contributed by atoms with Crippen LogP contribution in [0.3, 0.4) is 0 Å². The lowest BCUT2D eigenvalue weighted by Crippen LogP contribution is -2.17. The third-order valence-electron chi connectivity index (χ3n) is 7.16. The molecule has 38 heavy (non-hydrogen) atoms. The Labute approximate surface area is 208 Å². The minimum absolute atomic E-state index is 0.0295. The van der Waals surface area contributed by atoms with Gasteiger partial charge in [-0.1, -0.05) is 0 Å². The first kappa shape index (κ1) is 20.5. The van der Waals surface area contributed by atoms with E-state index in [1.165, 1.54) is 33.1 Å². The average Bonchev–Trinajstić information content (AvgIpc) is 3.50. The van der Waals surface area contributed by atoms with Crippen molar-refractivity contribution in [2.75, 3.05) is 0 Å². The van der Waals surface area contributed by atoms with Gasteiger partial charge in [0.2, 0.25) is 0 Å². The Kier molecular flexibility index (Phi) is 3.51. The maximum absolute atomic E-state index is 15.0. The van der Waals surface area contributed by atoms with E-state index in [4.69, 9.17) is 6.57 Å². The second-order valence-electron chi connectivity index (χ2n) is 9.07. The number of nitrogens with zero attached hydrogens (tertiary/aromatic N) is 6. The van der Waals surface area contributed by atoms with Gasteiger partial charge in [-0.15, -0.1) is 0 Å². The summed E-state index contributed by atoms with van der Waals surface area (Å²) in [5.74, 6) is -1.48. The Morgan fingerprint density at radius 2 is 1.26 bits per heavy atom. The number of pyridine rings is 2. The molecule has 0 bridgehead atoms. The quantitative estimate of drug-likeness (QED) is 0.216. The Hall–Kier alpha value is -5.74. The molecule has 0 unspecified atom stereocenters. The number of halogens is 2. The predicted octanol–water partition coefficient (Wildman–Crippen LogP) is 5.04. The molecule has 4 aromatic heterocycles. The third kappa shape index (κ3) is 2.21. The van der Waals surface area contributed by atoms with Crippen LogP contribution >= 0.6 is 0 Å². The molecular formula is C28H8F2N6O2. The molecule has 0 aliphatic carbocycles. The van der Waals surface area contributed by atoms with Crippen molar-refractivity contribution in [1.82, 2.24) is 18.8 Å². The van der Waals surface area contributed by atoms with Gasteiger partial charge in [0.15, 0.2) is 11.5 Å². The van der Waals surface area contributed by atoms with E-state index in [2.05, 4.69) is 14.8 Å². The minimum atomic E-state index is -0.745. The highest BCUT2D eigenvalue weighted by molar-refractivity contribution is 6.27. The number of fused-ring (bicyclic) bond motifs is 8. The maximum Gasteiger partial charge on any atom is 0.264 e. The summed E-state index contributed by atoms with van der Waals surface area (Å²) in [5.41, 5.74) is -0.275. The summed E-state index contributed by atoms with van der Waals surface area (Å²) in [5, 5.41) is 11.7. The molecular weight excluding hydrogens is 490 g/mol. The van der Waals surface area contributed by atoms with E-state index in [1.807, 2.05) is 6.07 Å². The molecule has 4 aromatic carbocycles. The van der Waals surface area contributed by atoms with E-state index >= 15 is 8.78 Å². The van der Waals surface area contributed by atoms with Crippen LogP contribution in [0.5, 0.6) is 0 Å². The zero-order valence-corrected chi connectivity index (χ0v) is 18.9. The SMILES string of the molecule is [C-]#[N+]c1cc(F)c2c(c1)nc1c3ccc4c5c(ccc(c(=O)n12)c35)c(=O)n1c4nc2cc(C#N)cc(F)c21. The molecule has 0 amide bonds. The number of nitriles is 1. The van der Waals surface area contributed by atoms with Gasteiger partial charge < -0.3 is 0 Å². The van der Waals surface area contributed by atoms with E-state index in [1.54, 1.807) is 12.1 Å². The van der Waals surface area contributed by atoms with Crippen LogP contribution in [-0.2, 0) is 0 Å². The first-order chi connectivity index (χ1) is 18.4. The van der Waals surface area contributed by atoms with Crippen LogP contribution in [0, 0.1) is 29.5 Å². The topological polar surface area (TPSA) is 96.9 Å². The van der Waals surface area contributed by atoms with Crippen molar-refractivity contribution in [1.29, 1.82) is 5.26 Å². The Balaban J connectivity index is 1.65. The lowest BCUT2D eigenvalue weighted by Gasteiger charge is -2.12. The molecule has 10 heteroatoms. The van der Waals surface area contributed by atoms with Crippen LogP contribution in [0.4, 0.5) is 14.5 Å². The molecule has 176 valence electrons. The van der Waals surface area contributed by atoms with Gasteiger partial charge in [0.1, 0.15) is 28.1 Å². The number of hydrogen-bond acceptors (Lipinski definition) is 5. The van der Waals surface area contributed by atoms with Gasteiger partial charge in [-0.2, -0.15) is 5.26 Å². The summed E-state index contributed by atoms with van der Waals surface area (Å²) in [6.07, 6.45) is 0. The second kappa shape index (κ2) is 6.52. The van der Waals surface area contributed by atoms with Gasteiger partial charge in [0, 0.05) is 32.3 Å². The molecule has 0 aliphatic rings. The zero-order valence-electron chi connectivity index (χ0n) is 18.9. The van der Waals surface area contributed by atoms with Crippen LogP contribution < -0.4 is 11.1 Å². The standard InChI is InChI=1S/C28H8F2N6O2/c1-32-12-8-18(30)24-20(9-12)34-26-14-3-2-13-21-15(4-5-16(22(14)21)28(38)36(24)26)27(37)35-23-17(29)6-11(10-31)7-19(23)33-25(13)35/h2-9H. The Bertz CT molecular complexity index is 2430. The van der Waals surface area contributed by atoms with Gasteiger partial charge in [-0.05, 0) is 48.5 Å². The van der Waals surface area contributed by atoms with Crippen molar-refractivity contribution in [2.45, 2.75) is 0 Å². The molecule has 8 nitrogen and oxygen atoms in total. The van der Waals surface area contributed by atoms with Crippen LogP contribution in [-0.4, -0.2) is 18.8 Å². The molecule has 0 N–H and O–H groups in total. The Morgan fingerprint density at radius 1 is 0.763 bits per heavy atom. The minimum Gasteiger partial charge on any atom is -0.268 e. The van der Waals surface area contributed by atoms with Gasteiger partial charge in [-0.25, -0.2) is 23.6 Å². The van der Waals surface area contributed by atoms with Crippen molar-refractivity contribution in [2.24, 2.45) is 0 Å². The van der Waals surface area contributed by atoms with Crippen molar-refractivity contribution in [3.8, 4) is 6.07 Å². The van der Waals surface area contributed by atoms with Crippen LogP contribution in [0.2, 0.25) is 0 Å². The maximum atomic E-state index is 15.0. The largest absolute Gasteiger partial charge is 0.268 e. The summed E-state index contributed by atoms with van der Waals surface area (Å²) in [4.78, 5) is 39.7. The van der Waals surface area contributed by atoms with Crippen molar-refractivity contribution in [3.05, 3.63) is 97.9 Å².